The molecule has 1 aliphatic rings. The van der Waals surface area contributed by atoms with Crippen LogP contribution in [0.15, 0.2) is 29.2 Å². The fourth-order valence-corrected chi connectivity index (χ4v) is 4.90. The number of ether oxygens (including phenoxy) is 1. The Hall–Kier alpha value is -1.36. The van der Waals surface area contributed by atoms with E-state index in [1.165, 1.54) is 4.31 Å². The van der Waals surface area contributed by atoms with Crippen LogP contribution < -0.4 is 4.74 Å². The Morgan fingerprint density at radius 2 is 1.88 bits per heavy atom. The number of alkyl halides is 3. The van der Waals surface area contributed by atoms with Crippen molar-refractivity contribution in [2.45, 2.75) is 24.1 Å². The van der Waals surface area contributed by atoms with Gasteiger partial charge in [-0.05, 0) is 51.2 Å². The van der Waals surface area contributed by atoms with E-state index in [1.807, 2.05) is 19.0 Å². The zero-order valence-electron chi connectivity index (χ0n) is 14.7. The highest BCUT2D eigenvalue weighted by Crippen LogP contribution is 2.33. The lowest BCUT2D eigenvalue weighted by Gasteiger charge is -2.42. The summed E-state index contributed by atoms with van der Waals surface area (Å²) in [5, 5.41) is 9.82. The molecule has 1 aliphatic heterocycles. The van der Waals surface area contributed by atoms with Crippen molar-refractivity contribution < 1.29 is 31.4 Å². The zero-order valence-corrected chi connectivity index (χ0v) is 15.5. The molecule has 1 N–H and O–H groups in total. The number of hydrogen-bond acceptors (Lipinski definition) is 5. The van der Waals surface area contributed by atoms with Gasteiger partial charge in [0.1, 0.15) is 5.75 Å². The van der Waals surface area contributed by atoms with Crippen LogP contribution in [0.3, 0.4) is 0 Å². The quantitative estimate of drug-likeness (QED) is 0.796. The molecule has 148 valence electrons. The number of rotatable bonds is 6. The van der Waals surface area contributed by atoms with Gasteiger partial charge in [-0.15, -0.1) is 13.2 Å². The number of sulfonamides is 1. The van der Waals surface area contributed by atoms with Gasteiger partial charge in [-0.2, -0.15) is 4.31 Å². The zero-order chi connectivity index (χ0) is 19.6. The molecule has 0 radical (unpaired) electrons. The first-order chi connectivity index (χ1) is 12.0. The maximum absolute atomic E-state index is 12.8. The van der Waals surface area contributed by atoms with Crippen LogP contribution >= 0.6 is 0 Å². The van der Waals surface area contributed by atoms with Crippen LogP contribution in [-0.4, -0.2) is 69.4 Å². The first-order valence-electron chi connectivity index (χ1n) is 8.09. The van der Waals surface area contributed by atoms with Gasteiger partial charge in [-0.25, -0.2) is 8.42 Å². The van der Waals surface area contributed by atoms with E-state index in [9.17, 15) is 26.7 Å². The number of nitrogens with zero attached hydrogens (tertiary/aromatic N) is 2. The summed E-state index contributed by atoms with van der Waals surface area (Å²) in [5.74, 6) is -0.479. The molecule has 0 aromatic heterocycles. The maximum atomic E-state index is 12.8. The first kappa shape index (κ1) is 20.9. The molecule has 1 aromatic carbocycles. The highest BCUT2D eigenvalue weighted by molar-refractivity contribution is 7.89. The number of piperidine rings is 1. The molecule has 1 atom stereocenters. The number of aliphatic hydroxyl groups is 1. The Morgan fingerprint density at radius 3 is 2.38 bits per heavy atom. The Bertz CT molecular complexity index is 707. The molecule has 1 saturated heterocycles. The van der Waals surface area contributed by atoms with E-state index in [4.69, 9.17) is 0 Å². The first-order valence-corrected chi connectivity index (χ1v) is 9.53. The van der Waals surface area contributed by atoms with Gasteiger partial charge in [0, 0.05) is 25.0 Å². The predicted molar refractivity (Wildman–Crippen MR) is 89.2 cm³/mol. The Labute approximate surface area is 151 Å². The summed E-state index contributed by atoms with van der Waals surface area (Å²) in [5.41, 5.74) is -0.561. The fourth-order valence-electron chi connectivity index (χ4n) is 3.31. The molecule has 0 saturated carbocycles. The standard InChI is InChI=1S/C16H23F3N2O4S/c1-20(2)10-15(12-22)8-3-9-21(11-15)26(23,24)14-6-4-13(5-7-14)25-16(17,18)19/h4-7,22H,3,8-12H2,1-2H3. The monoisotopic (exact) mass is 396 g/mol. The molecule has 10 heteroatoms. The second-order valence-electron chi connectivity index (χ2n) is 6.86. The van der Waals surface area contributed by atoms with E-state index in [1.54, 1.807) is 0 Å². The van der Waals surface area contributed by atoms with Gasteiger partial charge in [-0.3, -0.25) is 0 Å². The number of halogens is 3. The summed E-state index contributed by atoms with van der Waals surface area (Å²) in [4.78, 5) is 1.79. The lowest BCUT2D eigenvalue weighted by molar-refractivity contribution is -0.274. The highest BCUT2D eigenvalue weighted by atomic mass is 32.2. The number of benzene rings is 1. The summed E-state index contributed by atoms with van der Waals surface area (Å²) in [6.45, 7) is 0.854. The molecule has 2 rings (SSSR count). The van der Waals surface area contributed by atoms with Crippen molar-refractivity contribution in [3.63, 3.8) is 0 Å². The maximum Gasteiger partial charge on any atom is 0.573 e. The molecule has 26 heavy (non-hydrogen) atoms. The van der Waals surface area contributed by atoms with Crippen molar-refractivity contribution in [2.24, 2.45) is 5.41 Å². The second-order valence-corrected chi connectivity index (χ2v) is 8.80. The van der Waals surface area contributed by atoms with E-state index in [0.717, 1.165) is 24.3 Å². The lowest BCUT2D eigenvalue weighted by Crippen LogP contribution is -2.51. The summed E-state index contributed by atoms with van der Waals surface area (Å²) in [7, 11) is -0.170. The van der Waals surface area contributed by atoms with E-state index >= 15 is 0 Å². The SMILES string of the molecule is CN(C)CC1(CO)CCCN(S(=O)(=O)c2ccc(OC(F)(F)F)cc2)C1. The molecule has 1 heterocycles. The topological polar surface area (TPSA) is 70.1 Å². The molecule has 1 aromatic rings. The molecule has 1 fully saturated rings. The third-order valence-electron chi connectivity index (χ3n) is 4.31. The van der Waals surface area contributed by atoms with Gasteiger partial charge < -0.3 is 14.7 Å². The van der Waals surface area contributed by atoms with Gasteiger partial charge in [0.15, 0.2) is 0 Å². The average molecular weight is 396 g/mol. The van der Waals surface area contributed by atoms with Crippen LogP contribution in [0.2, 0.25) is 0 Å². The molecular weight excluding hydrogens is 373 g/mol. The molecule has 1 unspecified atom stereocenters. The predicted octanol–water partition coefficient (Wildman–Crippen LogP) is 1.91. The normalized spacial score (nSPS) is 22.6. The van der Waals surface area contributed by atoms with Gasteiger partial charge in [0.25, 0.3) is 0 Å². The smallest absolute Gasteiger partial charge is 0.406 e. The van der Waals surface area contributed by atoms with Crippen LogP contribution in [0.25, 0.3) is 0 Å². The third kappa shape index (κ3) is 5.09. The van der Waals surface area contributed by atoms with Crippen LogP contribution in [-0.2, 0) is 10.0 Å². The van der Waals surface area contributed by atoms with Crippen LogP contribution in [0.4, 0.5) is 13.2 Å². The van der Waals surface area contributed by atoms with E-state index in [-0.39, 0.29) is 18.0 Å². The minimum atomic E-state index is -4.83. The molecule has 0 amide bonds. The Morgan fingerprint density at radius 1 is 1.27 bits per heavy atom. The lowest BCUT2D eigenvalue weighted by atomic mass is 9.81. The van der Waals surface area contributed by atoms with Crippen molar-refractivity contribution >= 4 is 10.0 Å². The number of hydrogen-bond donors (Lipinski definition) is 1. The third-order valence-corrected chi connectivity index (χ3v) is 6.17. The van der Waals surface area contributed by atoms with Crippen molar-refractivity contribution in [3.8, 4) is 5.75 Å². The van der Waals surface area contributed by atoms with Crippen molar-refractivity contribution in [1.29, 1.82) is 0 Å². The Kier molecular flexibility index (Phi) is 6.21. The highest BCUT2D eigenvalue weighted by Gasteiger charge is 2.40. The summed E-state index contributed by atoms with van der Waals surface area (Å²) in [6, 6.07) is 4.14. The van der Waals surface area contributed by atoms with Crippen molar-refractivity contribution in [3.05, 3.63) is 24.3 Å². The molecule has 0 bridgehead atoms. The van der Waals surface area contributed by atoms with Gasteiger partial charge >= 0.3 is 6.36 Å². The van der Waals surface area contributed by atoms with E-state index in [2.05, 4.69) is 4.74 Å². The van der Waals surface area contributed by atoms with Gasteiger partial charge in [-0.1, -0.05) is 0 Å². The molecule has 0 spiro atoms. The fraction of sp³-hybridized carbons (Fsp3) is 0.625. The van der Waals surface area contributed by atoms with Crippen LogP contribution in [0, 0.1) is 5.41 Å². The van der Waals surface area contributed by atoms with Gasteiger partial charge in [0.2, 0.25) is 10.0 Å². The summed E-state index contributed by atoms with van der Waals surface area (Å²) in [6.07, 6.45) is -3.53. The number of aliphatic hydroxyl groups excluding tert-OH is 1. The average Bonchev–Trinajstić information content (AvgIpc) is 2.53. The van der Waals surface area contributed by atoms with E-state index in [0.29, 0.717) is 25.9 Å². The van der Waals surface area contributed by atoms with E-state index < -0.39 is 27.6 Å². The van der Waals surface area contributed by atoms with Crippen molar-refractivity contribution in [2.75, 3.05) is 40.3 Å². The van der Waals surface area contributed by atoms with Crippen molar-refractivity contribution in [1.82, 2.24) is 9.21 Å². The van der Waals surface area contributed by atoms with Crippen LogP contribution in [0.1, 0.15) is 12.8 Å². The second kappa shape index (κ2) is 7.71. The minimum absolute atomic E-state index is 0.106. The Balaban J connectivity index is 2.21. The largest absolute Gasteiger partial charge is 0.573 e. The summed E-state index contributed by atoms with van der Waals surface area (Å²) < 4.78 is 67.4. The van der Waals surface area contributed by atoms with Crippen LogP contribution in [0.5, 0.6) is 5.75 Å². The van der Waals surface area contributed by atoms with Gasteiger partial charge in [0.05, 0.1) is 11.5 Å². The molecule has 6 nitrogen and oxygen atoms in total. The minimum Gasteiger partial charge on any atom is -0.406 e. The summed E-state index contributed by atoms with van der Waals surface area (Å²) >= 11 is 0. The molecule has 0 aliphatic carbocycles. The molecular formula is C16H23F3N2O4S.